The summed E-state index contributed by atoms with van der Waals surface area (Å²) in [5.41, 5.74) is 3.38. The van der Waals surface area contributed by atoms with Crippen molar-refractivity contribution in [1.29, 1.82) is 0 Å². The summed E-state index contributed by atoms with van der Waals surface area (Å²) in [4.78, 5) is 25.5. The number of hydrogen-bond acceptors (Lipinski definition) is 3. The molecule has 0 saturated carbocycles. The molecule has 0 fully saturated rings. The van der Waals surface area contributed by atoms with E-state index in [1.807, 2.05) is 32.9 Å². The molecule has 4 heteroatoms. The summed E-state index contributed by atoms with van der Waals surface area (Å²) in [6.45, 7) is 11.4. The van der Waals surface area contributed by atoms with Crippen LogP contribution in [0.5, 0.6) is 0 Å². The van der Waals surface area contributed by atoms with E-state index in [1.165, 1.54) is 10.5 Å². The van der Waals surface area contributed by atoms with Gasteiger partial charge in [0.2, 0.25) is 0 Å². The highest BCUT2D eigenvalue weighted by atomic mass is 16.6. The number of aryl methyl sites for hydroxylation is 2. The van der Waals surface area contributed by atoms with Crippen molar-refractivity contribution < 1.29 is 14.3 Å². The van der Waals surface area contributed by atoms with E-state index in [2.05, 4.69) is 0 Å². The first-order valence-corrected chi connectivity index (χ1v) is 7.06. The van der Waals surface area contributed by atoms with E-state index in [9.17, 15) is 9.59 Å². The van der Waals surface area contributed by atoms with Gasteiger partial charge in [-0.3, -0.25) is 9.59 Å². The summed E-state index contributed by atoms with van der Waals surface area (Å²) >= 11 is 0. The van der Waals surface area contributed by atoms with E-state index >= 15 is 0 Å². The zero-order valence-corrected chi connectivity index (χ0v) is 14.0. The van der Waals surface area contributed by atoms with Crippen LogP contribution in [0.1, 0.15) is 47.8 Å². The van der Waals surface area contributed by atoms with Gasteiger partial charge in [0.05, 0.1) is 0 Å². The van der Waals surface area contributed by atoms with Crippen LogP contribution in [0, 0.1) is 20.8 Å². The van der Waals surface area contributed by atoms with Gasteiger partial charge in [-0.15, -0.1) is 0 Å². The zero-order valence-electron chi connectivity index (χ0n) is 14.0. The van der Waals surface area contributed by atoms with E-state index in [0.29, 0.717) is 5.56 Å². The number of carbonyl (C=O) groups excluding carboxylic acids is 2. The predicted octanol–water partition coefficient (Wildman–Crippen LogP) is 3.03. The maximum Gasteiger partial charge on any atom is 0.326 e. The number of rotatable bonds is 3. The number of ether oxygens (including phenoxy) is 1. The molecule has 0 bridgehead atoms. The summed E-state index contributed by atoms with van der Waals surface area (Å²) in [7, 11) is 1.61. The Hall–Kier alpha value is -1.84. The van der Waals surface area contributed by atoms with Gasteiger partial charge in [0.25, 0.3) is 5.91 Å². The molecule has 0 aromatic heterocycles. The molecule has 0 saturated heterocycles. The summed E-state index contributed by atoms with van der Waals surface area (Å²) in [5.74, 6) is -0.578. The first kappa shape index (κ1) is 17.2. The molecule has 1 aromatic carbocycles. The highest BCUT2D eigenvalue weighted by molar-refractivity contribution is 5.96. The number of hydrogen-bond donors (Lipinski definition) is 0. The number of benzene rings is 1. The highest BCUT2D eigenvalue weighted by Crippen LogP contribution is 2.17. The topological polar surface area (TPSA) is 46.6 Å². The summed E-state index contributed by atoms with van der Waals surface area (Å²) in [6.07, 6.45) is 0. The van der Waals surface area contributed by atoms with Crippen LogP contribution >= 0.6 is 0 Å². The Bertz CT molecular complexity index is 533. The van der Waals surface area contributed by atoms with Crippen LogP contribution in [0.4, 0.5) is 0 Å². The lowest BCUT2D eigenvalue weighted by atomic mass is 10.00. The molecule has 1 aromatic rings. The molecule has 1 amide bonds. The summed E-state index contributed by atoms with van der Waals surface area (Å²) in [6, 6.07) is 3.71. The number of carbonyl (C=O) groups is 2. The zero-order chi connectivity index (χ0) is 16.4. The van der Waals surface area contributed by atoms with Gasteiger partial charge in [0.1, 0.15) is 12.1 Å². The first-order chi connectivity index (χ1) is 9.51. The number of nitrogens with zero attached hydrogens (tertiary/aromatic N) is 1. The molecule has 0 aliphatic heterocycles. The van der Waals surface area contributed by atoms with Crippen molar-refractivity contribution in [1.82, 2.24) is 4.90 Å². The van der Waals surface area contributed by atoms with Crippen LogP contribution < -0.4 is 0 Å². The van der Waals surface area contributed by atoms with Crippen molar-refractivity contribution in [2.45, 2.75) is 47.1 Å². The third-order valence-corrected chi connectivity index (χ3v) is 3.31. The van der Waals surface area contributed by atoms with Crippen LogP contribution in [0.3, 0.4) is 0 Å². The van der Waals surface area contributed by atoms with E-state index in [4.69, 9.17) is 4.74 Å². The molecule has 0 atom stereocenters. The van der Waals surface area contributed by atoms with Crippen LogP contribution in [0.2, 0.25) is 0 Å². The maximum absolute atomic E-state index is 12.4. The smallest absolute Gasteiger partial charge is 0.326 e. The average molecular weight is 291 g/mol. The fourth-order valence-corrected chi connectivity index (χ4v) is 2.02. The third kappa shape index (κ3) is 4.88. The van der Waals surface area contributed by atoms with Gasteiger partial charge in [-0.2, -0.15) is 0 Å². The molecule has 0 aliphatic rings. The van der Waals surface area contributed by atoms with Gasteiger partial charge in [-0.05, 0) is 70.4 Å². The normalized spacial score (nSPS) is 11.2. The van der Waals surface area contributed by atoms with Crippen molar-refractivity contribution in [2.75, 3.05) is 13.6 Å². The fourth-order valence-electron chi connectivity index (χ4n) is 2.02. The van der Waals surface area contributed by atoms with Crippen LogP contribution in [0.25, 0.3) is 0 Å². The van der Waals surface area contributed by atoms with Crippen molar-refractivity contribution in [3.63, 3.8) is 0 Å². The summed E-state index contributed by atoms with van der Waals surface area (Å²) < 4.78 is 5.23. The van der Waals surface area contributed by atoms with Crippen LogP contribution in [0.15, 0.2) is 12.1 Å². The second-order valence-electron chi connectivity index (χ2n) is 6.48. The molecule has 116 valence electrons. The first-order valence-electron chi connectivity index (χ1n) is 7.06. The standard InChI is InChI=1S/C17H25NO3/c1-11-8-14(9-12(2)13(11)3)16(20)18(7)10-15(19)21-17(4,5)6/h8-9H,10H2,1-7H3. The Morgan fingerprint density at radius 1 is 1.10 bits per heavy atom. The van der Waals surface area contributed by atoms with E-state index in [0.717, 1.165) is 11.1 Å². The fraction of sp³-hybridized carbons (Fsp3) is 0.529. The number of likely N-dealkylation sites (N-methyl/N-ethyl adjacent to an activating group) is 1. The molecule has 1 rings (SSSR count). The SMILES string of the molecule is Cc1cc(C(=O)N(C)CC(=O)OC(C)(C)C)cc(C)c1C. The van der Waals surface area contributed by atoms with Gasteiger partial charge in [-0.25, -0.2) is 0 Å². The minimum atomic E-state index is -0.544. The minimum absolute atomic E-state index is 0.0535. The lowest BCUT2D eigenvalue weighted by molar-refractivity contribution is -0.155. The Kier molecular flexibility index (Phi) is 5.15. The van der Waals surface area contributed by atoms with Gasteiger partial charge >= 0.3 is 5.97 Å². The van der Waals surface area contributed by atoms with Crippen LogP contribution in [-0.2, 0) is 9.53 Å². The molecule has 0 N–H and O–H groups in total. The Morgan fingerprint density at radius 3 is 2.00 bits per heavy atom. The third-order valence-electron chi connectivity index (χ3n) is 3.31. The molecule has 0 unspecified atom stereocenters. The molecule has 0 heterocycles. The van der Waals surface area contributed by atoms with Crippen molar-refractivity contribution in [3.8, 4) is 0 Å². The van der Waals surface area contributed by atoms with Gasteiger partial charge < -0.3 is 9.64 Å². The van der Waals surface area contributed by atoms with Crippen molar-refractivity contribution in [3.05, 3.63) is 34.4 Å². The number of esters is 1. The average Bonchev–Trinajstić information content (AvgIpc) is 2.31. The molecular weight excluding hydrogens is 266 g/mol. The van der Waals surface area contributed by atoms with Crippen LogP contribution in [-0.4, -0.2) is 36.0 Å². The molecule has 0 aliphatic carbocycles. The quantitative estimate of drug-likeness (QED) is 0.804. The molecular formula is C17H25NO3. The molecule has 0 spiro atoms. The van der Waals surface area contributed by atoms with Crippen molar-refractivity contribution in [2.24, 2.45) is 0 Å². The van der Waals surface area contributed by atoms with Gasteiger partial charge in [-0.1, -0.05) is 0 Å². The highest BCUT2D eigenvalue weighted by Gasteiger charge is 2.21. The minimum Gasteiger partial charge on any atom is -0.459 e. The van der Waals surface area contributed by atoms with E-state index in [1.54, 1.807) is 27.8 Å². The second-order valence-corrected chi connectivity index (χ2v) is 6.48. The predicted molar refractivity (Wildman–Crippen MR) is 83.5 cm³/mol. The lowest BCUT2D eigenvalue weighted by Crippen LogP contribution is -2.36. The monoisotopic (exact) mass is 291 g/mol. The largest absolute Gasteiger partial charge is 0.459 e. The van der Waals surface area contributed by atoms with Gasteiger partial charge in [0.15, 0.2) is 0 Å². The molecule has 4 nitrogen and oxygen atoms in total. The van der Waals surface area contributed by atoms with Crippen molar-refractivity contribution >= 4 is 11.9 Å². The maximum atomic E-state index is 12.4. The Labute approximate surface area is 127 Å². The Balaban J connectivity index is 2.82. The Morgan fingerprint density at radius 2 is 1.57 bits per heavy atom. The lowest BCUT2D eigenvalue weighted by Gasteiger charge is -2.23. The van der Waals surface area contributed by atoms with Gasteiger partial charge in [0, 0.05) is 12.6 Å². The molecule has 0 radical (unpaired) electrons. The summed E-state index contributed by atoms with van der Waals surface area (Å²) in [5, 5.41) is 0. The van der Waals surface area contributed by atoms with E-state index in [-0.39, 0.29) is 12.5 Å². The second kappa shape index (κ2) is 6.29. The van der Waals surface area contributed by atoms with E-state index < -0.39 is 11.6 Å². The number of amides is 1. The molecule has 21 heavy (non-hydrogen) atoms.